The van der Waals surface area contributed by atoms with E-state index in [-0.39, 0.29) is 30.5 Å². The van der Waals surface area contributed by atoms with Gasteiger partial charge in [-0.2, -0.15) is 0 Å². The molecule has 10 heteroatoms. The zero-order valence-electron chi connectivity index (χ0n) is 18.3. The maximum absolute atomic E-state index is 12.5. The van der Waals surface area contributed by atoms with E-state index in [1.54, 1.807) is 12.1 Å². The molecule has 0 spiro atoms. The van der Waals surface area contributed by atoms with Crippen LogP contribution in [-0.4, -0.2) is 67.3 Å². The van der Waals surface area contributed by atoms with Gasteiger partial charge < -0.3 is 14.4 Å². The molecule has 1 saturated heterocycles. The van der Waals surface area contributed by atoms with Crippen LogP contribution in [0.3, 0.4) is 0 Å². The van der Waals surface area contributed by atoms with E-state index < -0.39 is 6.36 Å². The molecule has 1 fully saturated rings. The third-order valence-electron chi connectivity index (χ3n) is 5.09. The van der Waals surface area contributed by atoms with Gasteiger partial charge in [-0.05, 0) is 44.2 Å². The first kappa shape index (κ1) is 24.5. The monoisotopic (exact) mass is 465 g/mol. The lowest BCUT2D eigenvalue weighted by Crippen LogP contribution is -2.47. The van der Waals surface area contributed by atoms with E-state index in [0.717, 1.165) is 38.5 Å². The van der Waals surface area contributed by atoms with Crippen LogP contribution in [0.5, 0.6) is 5.75 Å². The minimum atomic E-state index is -4.75. The molecule has 0 N–H and O–H groups in total. The van der Waals surface area contributed by atoms with Crippen LogP contribution in [0.15, 0.2) is 42.5 Å². The fourth-order valence-electron chi connectivity index (χ4n) is 3.51. The zero-order chi connectivity index (χ0) is 23.8. The van der Waals surface area contributed by atoms with Gasteiger partial charge in [-0.25, -0.2) is 4.98 Å². The summed E-state index contributed by atoms with van der Waals surface area (Å²) in [5, 5.41) is 0. The number of rotatable bonds is 9. The van der Waals surface area contributed by atoms with Crippen molar-refractivity contribution in [1.82, 2.24) is 9.88 Å². The van der Waals surface area contributed by atoms with Gasteiger partial charge in [0.05, 0.1) is 5.69 Å². The van der Waals surface area contributed by atoms with Gasteiger partial charge >= 0.3 is 12.3 Å². The molecular formula is C23H26F3N3O4. The second-order valence-electron chi connectivity index (χ2n) is 7.75. The number of hydrogen-bond acceptors (Lipinski definition) is 7. The highest BCUT2D eigenvalue weighted by molar-refractivity contribution is 5.80. The quantitative estimate of drug-likeness (QED) is 0.523. The van der Waals surface area contributed by atoms with Crippen LogP contribution >= 0.6 is 0 Å². The second kappa shape index (κ2) is 11.1. The first-order valence-corrected chi connectivity index (χ1v) is 10.7. The molecule has 0 saturated carbocycles. The Balaban J connectivity index is 1.51. The van der Waals surface area contributed by atoms with Crippen molar-refractivity contribution >= 4 is 17.6 Å². The Hall–Kier alpha value is -3.14. The van der Waals surface area contributed by atoms with Crippen LogP contribution in [-0.2, 0) is 14.3 Å². The van der Waals surface area contributed by atoms with E-state index >= 15 is 0 Å². The van der Waals surface area contributed by atoms with Gasteiger partial charge in [-0.15, -0.1) is 13.2 Å². The molecule has 0 radical (unpaired) electrons. The van der Waals surface area contributed by atoms with Gasteiger partial charge in [0.15, 0.2) is 5.78 Å². The Morgan fingerprint density at radius 2 is 1.79 bits per heavy atom. The number of ketones is 1. The average Bonchev–Trinajstić information content (AvgIpc) is 2.77. The molecule has 2 aromatic rings. The van der Waals surface area contributed by atoms with Gasteiger partial charge in [0.25, 0.3) is 0 Å². The number of alkyl halides is 3. The molecule has 0 unspecified atom stereocenters. The van der Waals surface area contributed by atoms with Crippen molar-refractivity contribution in [3.05, 3.63) is 42.5 Å². The Morgan fingerprint density at radius 3 is 2.48 bits per heavy atom. The Labute approximate surface area is 190 Å². The van der Waals surface area contributed by atoms with Crippen molar-refractivity contribution in [2.75, 3.05) is 44.2 Å². The lowest BCUT2D eigenvalue weighted by Gasteiger charge is -2.35. The second-order valence-corrected chi connectivity index (χ2v) is 7.75. The molecule has 3 rings (SSSR count). The standard InChI is InChI=1S/C23H26F3N3O4/c1-17(30)16-32-22(31)9-4-10-28-11-13-29(14-12-28)21-8-3-7-20(27-21)18-5-2-6-19(15-18)33-23(24,25)26/h2-3,5-8,15H,4,9-14,16H2,1H3. The molecule has 33 heavy (non-hydrogen) atoms. The predicted molar refractivity (Wildman–Crippen MR) is 116 cm³/mol. The first-order valence-electron chi connectivity index (χ1n) is 10.7. The number of ether oxygens (including phenoxy) is 2. The molecule has 1 aliphatic heterocycles. The average molecular weight is 465 g/mol. The Morgan fingerprint density at radius 1 is 1.06 bits per heavy atom. The number of halogens is 3. The van der Waals surface area contributed by atoms with Crippen LogP contribution in [0.4, 0.5) is 19.0 Å². The van der Waals surface area contributed by atoms with Crippen molar-refractivity contribution in [3.63, 3.8) is 0 Å². The van der Waals surface area contributed by atoms with Crippen molar-refractivity contribution in [3.8, 4) is 17.0 Å². The minimum absolute atomic E-state index is 0.177. The highest BCUT2D eigenvalue weighted by atomic mass is 19.4. The van der Waals surface area contributed by atoms with Gasteiger partial charge in [0, 0.05) is 38.2 Å². The number of benzene rings is 1. The highest BCUT2D eigenvalue weighted by Gasteiger charge is 2.31. The molecule has 2 heterocycles. The third kappa shape index (κ3) is 8.05. The SMILES string of the molecule is CC(=O)COC(=O)CCCN1CCN(c2cccc(-c3cccc(OC(F)(F)F)c3)n2)CC1. The predicted octanol–water partition coefficient (Wildman–Crippen LogP) is 3.68. The maximum atomic E-state index is 12.5. The van der Waals surface area contributed by atoms with E-state index in [4.69, 9.17) is 4.74 Å². The molecule has 0 amide bonds. The fraction of sp³-hybridized carbons (Fsp3) is 0.435. The largest absolute Gasteiger partial charge is 0.573 e. The fourth-order valence-corrected chi connectivity index (χ4v) is 3.51. The number of aromatic nitrogens is 1. The maximum Gasteiger partial charge on any atom is 0.573 e. The topological polar surface area (TPSA) is 72.0 Å². The Bertz CT molecular complexity index is 960. The number of carbonyl (C=O) groups excluding carboxylic acids is 2. The number of carbonyl (C=O) groups is 2. The zero-order valence-corrected chi connectivity index (χ0v) is 18.3. The smallest absolute Gasteiger partial charge is 0.458 e. The van der Waals surface area contributed by atoms with E-state index in [1.165, 1.54) is 25.1 Å². The summed E-state index contributed by atoms with van der Waals surface area (Å²) in [5.74, 6) is -0.0813. The summed E-state index contributed by atoms with van der Waals surface area (Å²) in [7, 11) is 0. The van der Waals surface area contributed by atoms with Gasteiger partial charge in [-0.1, -0.05) is 18.2 Å². The van der Waals surface area contributed by atoms with Crippen LogP contribution in [0.1, 0.15) is 19.8 Å². The summed E-state index contributed by atoms with van der Waals surface area (Å²) < 4.78 is 46.4. The lowest BCUT2D eigenvalue weighted by atomic mass is 10.1. The number of anilines is 1. The molecule has 0 atom stereocenters. The lowest BCUT2D eigenvalue weighted by molar-refractivity contribution is -0.274. The van der Waals surface area contributed by atoms with Crippen LogP contribution in [0, 0.1) is 0 Å². The minimum Gasteiger partial charge on any atom is -0.458 e. The van der Waals surface area contributed by atoms with E-state index in [1.807, 2.05) is 12.1 Å². The Kier molecular flexibility index (Phi) is 8.26. The first-order chi connectivity index (χ1) is 15.7. The summed E-state index contributed by atoms with van der Waals surface area (Å²) in [6, 6.07) is 11.2. The number of Topliss-reactive ketones (excluding diaryl/α,β-unsaturated/α-hetero) is 1. The van der Waals surface area contributed by atoms with Crippen molar-refractivity contribution in [1.29, 1.82) is 0 Å². The number of piperazine rings is 1. The van der Waals surface area contributed by atoms with Crippen LogP contribution < -0.4 is 9.64 Å². The summed E-state index contributed by atoms with van der Waals surface area (Å²) >= 11 is 0. The third-order valence-corrected chi connectivity index (χ3v) is 5.09. The van der Waals surface area contributed by atoms with Crippen molar-refractivity contribution in [2.45, 2.75) is 26.1 Å². The number of nitrogens with zero attached hydrogens (tertiary/aromatic N) is 3. The summed E-state index contributed by atoms with van der Waals surface area (Å²) in [6.45, 7) is 5.01. The molecule has 1 aromatic heterocycles. The summed E-state index contributed by atoms with van der Waals surface area (Å²) in [5.41, 5.74) is 1.10. The molecular weight excluding hydrogens is 439 g/mol. The number of esters is 1. The van der Waals surface area contributed by atoms with Gasteiger partial charge in [0.2, 0.25) is 0 Å². The van der Waals surface area contributed by atoms with E-state index in [9.17, 15) is 22.8 Å². The molecule has 178 valence electrons. The van der Waals surface area contributed by atoms with Crippen molar-refractivity contribution < 1.29 is 32.2 Å². The highest BCUT2D eigenvalue weighted by Crippen LogP contribution is 2.28. The molecule has 0 bridgehead atoms. The summed E-state index contributed by atoms with van der Waals surface area (Å²) in [6.07, 6.45) is -3.82. The normalized spacial score (nSPS) is 14.7. The van der Waals surface area contributed by atoms with Crippen molar-refractivity contribution in [2.24, 2.45) is 0 Å². The molecule has 1 aliphatic rings. The number of hydrogen-bond donors (Lipinski definition) is 0. The molecule has 0 aliphatic carbocycles. The molecule has 7 nitrogen and oxygen atoms in total. The van der Waals surface area contributed by atoms with E-state index in [2.05, 4.69) is 19.5 Å². The van der Waals surface area contributed by atoms with Gasteiger partial charge in [0.1, 0.15) is 18.2 Å². The summed E-state index contributed by atoms with van der Waals surface area (Å²) in [4.78, 5) is 31.4. The van der Waals surface area contributed by atoms with Crippen LogP contribution in [0.2, 0.25) is 0 Å². The van der Waals surface area contributed by atoms with Gasteiger partial charge in [-0.3, -0.25) is 14.5 Å². The number of pyridine rings is 1. The van der Waals surface area contributed by atoms with Crippen LogP contribution in [0.25, 0.3) is 11.3 Å². The van der Waals surface area contributed by atoms with E-state index in [0.29, 0.717) is 17.7 Å². The molecule has 1 aromatic carbocycles.